The highest BCUT2D eigenvalue weighted by Crippen LogP contribution is 2.63. The zero-order valence-corrected chi connectivity index (χ0v) is 22.5. The van der Waals surface area contributed by atoms with Crippen LogP contribution in [-0.4, -0.2) is 86.6 Å². The molecule has 0 aromatic heterocycles. The van der Waals surface area contributed by atoms with Gasteiger partial charge in [0.25, 0.3) is 0 Å². The van der Waals surface area contributed by atoms with E-state index in [9.17, 15) is 89.0 Å². The number of alkyl halides is 17. The monoisotopic (exact) mass is 728 g/mol. The maximum absolute atomic E-state index is 15.0. The normalized spacial score (nSPS) is 13.6. The lowest BCUT2D eigenvalue weighted by Gasteiger charge is -2.41. The number of halogens is 17. The number of esters is 3. The van der Waals surface area contributed by atoms with E-state index < -0.39 is 103 Å². The molecule has 0 rings (SSSR count). The first-order valence-corrected chi connectivity index (χ1v) is 11.3. The Kier molecular flexibility index (Phi) is 13.2. The van der Waals surface area contributed by atoms with Crippen LogP contribution in [0.4, 0.5) is 74.6 Å². The van der Waals surface area contributed by atoms with Crippen molar-refractivity contribution in [2.24, 2.45) is 5.41 Å². The summed E-state index contributed by atoms with van der Waals surface area (Å²) >= 11 is 0. The quantitative estimate of drug-likeness (QED) is 0.0651. The van der Waals surface area contributed by atoms with Gasteiger partial charge in [-0.15, -0.1) is 0 Å². The Morgan fingerprint density at radius 1 is 0.447 bits per heavy atom. The molecule has 270 valence electrons. The predicted molar refractivity (Wildman–Crippen MR) is 117 cm³/mol. The Bertz CT molecular complexity index is 1090. The van der Waals surface area contributed by atoms with E-state index in [2.05, 4.69) is 38.7 Å². The highest BCUT2D eigenvalue weighted by Gasteiger charge is 2.88. The Labute approximate surface area is 250 Å². The van der Waals surface area contributed by atoms with E-state index in [4.69, 9.17) is 0 Å². The Hall–Kier alpha value is -4.02. The maximum Gasteiger partial charge on any atom is 0.449 e. The van der Waals surface area contributed by atoms with Crippen LogP contribution >= 0.6 is 0 Å². The standard InChI is InChI=1S/C23H17F17O7/c1-4-11(41)44-7-16(8-45-12(42)5-2,9-46-13(43)6-3)10-47-15(19(26,27)28)14(17(24,20(29,30)31)21(32,33)34)18(25,22(35,36)37)23(38,39)40/h4-6H,1-3,7-10H2. The average molecular weight is 728 g/mol. The van der Waals surface area contributed by atoms with Crippen LogP contribution in [0.1, 0.15) is 0 Å². The largest absolute Gasteiger partial charge is 0.488 e. The molecule has 0 aliphatic carbocycles. The van der Waals surface area contributed by atoms with Crippen LogP contribution in [0.3, 0.4) is 0 Å². The number of allylic oxidation sites excluding steroid dienone is 2. The lowest BCUT2D eigenvalue weighted by atomic mass is 9.79. The van der Waals surface area contributed by atoms with Crippen molar-refractivity contribution in [3.8, 4) is 0 Å². The van der Waals surface area contributed by atoms with Crippen LogP contribution in [0, 0.1) is 5.41 Å². The summed E-state index contributed by atoms with van der Waals surface area (Å²) in [6.07, 6.45) is -39.7. The molecule has 24 heteroatoms. The van der Waals surface area contributed by atoms with Gasteiger partial charge in [-0.25, -0.2) is 23.2 Å². The molecule has 0 spiro atoms. The molecule has 0 heterocycles. The summed E-state index contributed by atoms with van der Waals surface area (Å²) in [5, 5.41) is 0. The molecule has 0 aromatic rings. The van der Waals surface area contributed by atoms with Gasteiger partial charge in [0.15, 0.2) is 0 Å². The fraction of sp³-hybridized carbons (Fsp3) is 0.522. The number of ether oxygens (including phenoxy) is 4. The Morgan fingerprint density at radius 2 is 0.681 bits per heavy atom. The van der Waals surface area contributed by atoms with Crippen molar-refractivity contribution < 1.29 is 108 Å². The van der Waals surface area contributed by atoms with Crippen molar-refractivity contribution >= 4 is 17.9 Å². The lowest BCUT2D eigenvalue weighted by molar-refractivity contribution is -0.366. The highest BCUT2D eigenvalue weighted by molar-refractivity contribution is 5.82. The third kappa shape index (κ3) is 9.51. The molecular formula is C23H17F17O7. The Morgan fingerprint density at radius 3 is 0.872 bits per heavy atom. The minimum absolute atomic E-state index is 0.268. The topological polar surface area (TPSA) is 88.1 Å². The molecular weight excluding hydrogens is 711 g/mol. The molecule has 0 amide bonds. The van der Waals surface area contributed by atoms with E-state index in [1.54, 1.807) is 0 Å². The summed E-state index contributed by atoms with van der Waals surface area (Å²) in [4.78, 5) is 34.6. The molecule has 0 bridgehead atoms. The van der Waals surface area contributed by atoms with Gasteiger partial charge in [-0.1, -0.05) is 19.7 Å². The summed E-state index contributed by atoms with van der Waals surface area (Å²) in [6.45, 7) is 0.757. The zero-order chi connectivity index (χ0) is 37.7. The first-order chi connectivity index (χ1) is 20.8. The lowest BCUT2D eigenvalue weighted by Crippen LogP contribution is -2.66. The summed E-state index contributed by atoms with van der Waals surface area (Å²) in [5.74, 6) is -9.67. The van der Waals surface area contributed by atoms with Crippen molar-refractivity contribution in [2.45, 2.75) is 42.2 Å². The summed E-state index contributed by atoms with van der Waals surface area (Å²) in [5.41, 5.74) is -25.8. The smallest absolute Gasteiger partial charge is 0.449 e. The van der Waals surface area contributed by atoms with E-state index in [1.807, 2.05) is 0 Å². The minimum atomic E-state index is -8.47. The molecule has 0 saturated carbocycles. The highest BCUT2D eigenvalue weighted by atomic mass is 19.4. The van der Waals surface area contributed by atoms with Gasteiger partial charge in [-0.3, -0.25) is 0 Å². The van der Waals surface area contributed by atoms with Crippen molar-refractivity contribution in [1.82, 2.24) is 0 Å². The van der Waals surface area contributed by atoms with E-state index in [0.29, 0.717) is 0 Å². The number of hydrogen-bond donors (Lipinski definition) is 0. The van der Waals surface area contributed by atoms with Gasteiger partial charge in [0.2, 0.25) is 5.76 Å². The number of rotatable bonds is 14. The van der Waals surface area contributed by atoms with E-state index in [-0.39, 0.29) is 18.2 Å². The summed E-state index contributed by atoms with van der Waals surface area (Å²) < 4.78 is 250. The van der Waals surface area contributed by atoms with Crippen LogP contribution in [-0.2, 0) is 33.3 Å². The molecule has 47 heavy (non-hydrogen) atoms. The van der Waals surface area contributed by atoms with Gasteiger partial charge in [0.1, 0.15) is 31.8 Å². The number of carbonyl (C=O) groups is 3. The fourth-order valence-corrected chi connectivity index (χ4v) is 3.06. The van der Waals surface area contributed by atoms with Crippen LogP contribution in [0.5, 0.6) is 0 Å². The second kappa shape index (κ2) is 14.4. The number of hydrogen-bond acceptors (Lipinski definition) is 7. The van der Waals surface area contributed by atoms with Crippen molar-refractivity contribution in [1.29, 1.82) is 0 Å². The zero-order valence-electron chi connectivity index (χ0n) is 22.5. The fourth-order valence-electron chi connectivity index (χ4n) is 3.06. The van der Waals surface area contributed by atoms with Crippen molar-refractivity contribution in [3.63, 3.8) is 0 Å². The average Bonchev–Trinajstić information content (AvgIpc) is 2.90. The molecule has 0 aliphatic heterocycles. The van der Waals surface area contributed by atoms with Crippen molar-refractivity contribution in [3.05, 3.63) is 49.3 Å². The second-order valence-corrected chi connectivity index (χ2v) is 8.73. The van der Waals surface area contributed by atoms with Crippen molar-refractivity contribution in [2.75, 3.05) is 26.4 Å². The summed E-state index contributed by atoms with van der Waals surface area (Å²) in [7, 11) is 0. The summed E-state index contributed by atoms with van der Waals surface area (Å²) in [6, 6.07) is 0. The SMILES string of the molecule is C=CC(=O)OCC(COC(=O)C=C)(COC(=O)C=C)COC(=C(C(F)(C(F)(F)F)C(F)(F)F)C(F)(C(F)(F)F)C(F)(F)F)C(F)(F)F. The van der Waals surface area contributed by atoms with Gasteiger partial charge in [0.05, 0.1) is 5.57 Å². The van der Waals surface area contributed by atoms with Crippen LogP contribution in [0.2, 0.25) is 0 Å². The van der Waals surface area contributed by atoms with E-state index in [1.165, 1.54) is 0 Å². The molecule has 0 unspecified atom stereocenters. The van der Waals surface area contributed by atoms with Crippen LogP contribution in [0.15, 0.2) is 49.3 Å². The second-order valence-electron chi connectivity index (χ2n) is 8.73. The molecule has 0 radical (unpaired) electrons. The van der Waals surface area contributed by atoms with Crippen LogP contribution < -0.4 is 0 Å². The molecule has 0 atom stereocenters. The first-order valence-electron chi connectivity index (χ1n) is 11.3. The van der Waals surface area contributed by atoms with E-state index in [0.717, 1.165) is 0 Å². The third-order valence-electron chi connectivity index (χ3n) is 5.32. The number of carbonyl (C=O) groups excluding carboxylic acids is 3. The maximum atomic E-state index is 15.0. The first kappa shape index (κ1) is 43.0. The molecule has 0 aliphatic rings. The third-order valence-corrected chi connectivity index (χ3v) is 5.32. The van der Waals surface area contributed by atoms with Gasteiger partial charge < -0.3 is 18.9 Å². The van der Waals surface area contributed by atoms with E-state index >= 15 is 0 Å². The molecule has 0 fully saturated rings. The van der Waals surface area contributed by atoms with Gasteiger partial charge in [-0.05, 0) is 0 Å². The van der Waals surface area contributed by atoms with Gasteiger partial charge in [-0.2, -0.15) is 65.9 Å². The molecule has 0 saturated heterocycles. The molecule has 7 nitrogen and oxygen atoms in total. The minimum Gasteiger partial charge on any atom is -0.488 e. The molecule has 0 N–H and O–H groups in total. The predicted octanol–water partition coefficient (Wildman–Crippen LogP) is 6.66. The Balaban J connectivity index is 8.33. The molecule has 0 aromatic carbocycles. The van der Waals surface area contributed by atoms with Crippen LogP contribution in [0.25, 0.3) is 0 Å². The van der Waals surface area contributed by atoms with Gasteiger partial charge >= 0.3 is 60.1 Å². The van der Waals surface area contributed by atoms with Gasteiger partial charge in [0, 0.05) is 18.2 Å².